The number of carbonyl (C=O) groups excluding carboxylic acids is 7. The Labute approximate surface area is 392 Å². The van der Waals surface area contributed by atoms with E-state index in [0.717, 1.165) is 24.8 Å². The van der Waals surface area contributed by atoms with Crippen LogP contribution in [0, 0.1) is 35.5 Å². The SMILES string of the molecule is CC[C@H](C)[C@@H]([C@@H](CC(=O)N1CCC[C@H]1[C@H](OC)[C@@H](C)C(=O)C[C@@H](Cc1ccccc1)[P+](=O)O)OC)N(C)C(=O)[C@@H](CC(=O)[C@@H]1[C@H]2CC[C@H](C2)N1C(=O)CCCN1C(=O)CC(C)C1=O)C(C)C. The standard InChI is InChI=1S/C50H75N4O11P/c1-10-31(4)46(42(64-8)29-45(59)52-22-14-18-39(52)48(65-9)33(6)40(55)27-37(66(62)63)25-34-16-12-11-13-17-34)51(7)50(61)38(30(2)3)28-41(56)47-35-20-21-36(26-35)54(47)43(57)19-15-23-53-44(58)24-32(5)49(53)60/h11-13,16-17,30-33,35-39,42,46-48H,10,14-15,18-29H2,1-9H3/p+1/t31-,32?,33-,35-,36+,37+,38-,39-,42+,46-,47-,48+/m0/s1. The quantitative estimate of drug-likeness (QED) is 0.0895. The van der Waals surface area contributed by atoms with Gasteiger partial charge in [0.15, 0.2) is 11.4 Å². The van der Waals surface area contributed by atoms with Crippen LogP contribution < -0.4 is 0 Å². The van der Waals surface area contributed by atoms with Crippen molar-refractivity contribution in [2.24, 2.45) is 35.5 Å². The van der Waals surface area contributed by atoms with Gasteiger partial charge in [0, 0.05) is 83.8 Å². The van der Waals surface area contributed by atoms with Gasteiger partial charge in [0.25, 0.3) is 0 Å². The summed E-state index contributed by atoms with van der Waals surface area (Å²) in [6.45, 7) is 12.0. The van der Waals surface area contributed by atoms with Crippen LogP contribution in [0.1, 0.15) is 124 Å². The van der Waals surface area contributed by atoms with Crippen LogP contribution in [-0.4, -0.2) is 142 Å². The van der Waals surface area contributed by atoms with Gasteiger partial charge in [-0.3, -0.25) is 38.5 Å². The summed E-state index contributed by atoms with van der Waals surface area (Å²) < 4.78 is 24.4. The minimum atomic E-state index is -2.63. The molecule has 5 amide bonds. The number of rotatable bonds is 25. The number of methoxy groups -OCH3 is 2. The first kappa shape index (κ1) is 53.1. The maximum absolute atomic E-state index is 14.7. The Hall–Kier alpha value is -3.91. The Morgan fingerprint density at radius 3 is 2.23 bits per heavy atom. The number of nitrogens with zero attached hydrogens (tertiary/aromatic N) is 4. The summed E-state index contributed by atoms with van der Waals surface area (Å²) in [5.41, 5.74) is 0.113. The van der Waals surface area contributed by atoms with Crippen molar-refractivity contribution < 1.29 is 52.5 Å². The van der Waals surface area contributed by atoms with Crippen LogP contribution in [0.5, 0.6) is 0 Å². The van der Waals surface area contributed by atoms with Gasteiger partial charge in [-0.05, 0) is 66.4 Å². The monoisotopic (exact) mass is 940 g/mol. The summed E-state index contributed by atoms with van der Waals surface area (Å²) in [6.07, 6.45) is 3.79. The number of hydrogen-bond acceptors (Lipinski definition) is 10. The number of ketones is 2. The predicted molar refractivity (Wildman–Crippen MR) is 249 cm³/mol. The Morgan fingerprint density at radius 1 is 0.939 bits per heavy atom. The lowest BCUT2D eigenvalue weighted by Gasteiger charge is -2.41. The van der Waals surface area contributed by atoms with Crippen molar-refractivity contribution in [3.63, 3.8) is 0 Å². The van der Waals surface area contributed by atoms with Crippen LogP contribution >= 0.6 is 8.03 Å². The highest BCUT2D eigenvalue weighted by Gasteiger charge is 2.52. The van der Waals surface area contributed by atoms with Crippen molar-refractivity contribution in [3.8, 4) is 0 Å². The number of likely N-dealkylation sites (tertiary alicyclic amines) is 3. The van der Waals surface area contributed by atoms with Crippen molar-refractivity contribution in [2.75, 3.05) is 34.4 Å². The van der Waals surface area contributed by atoms with Gasteiger partial charge in [-0.25, -0.2) is 0 Å². The molecule has 0 radical (unpaired) electrons. The highest BCUT2D eigenvalue weighted by atomic mass is 31.1. The highest BCUT2D eigenvalue weighted by Crippen LogP contribution is 2.44. The molecule has 1 N–H and O–H groups in total. The molecular weight excluding hydrogens is 864 g/mol. The van der Waals surface area contributed by atoms with E-state index in [1.165, 1.54) is 19.1 Å². The molecule has 1 saturated carbocycles. The van der Waals surface area contributed by atoms with Crippen LogP contribution in [-0.2, 0) is 54.0 Å². The molecule has 5 rings (SSSR count). The molecule has 1 aromatic carbocycles. The van der Waals surface area contributed by atoms with E-state index in [1.54, 1.807) is 35.6 Å². The summed E-state index contributed by atoms with van der Waals surface area (Å²) in [4.78, 5) is 112. The van der Waals surface area contributed by atoms with Crippen LogP contribution in [0.15, 0.2) is 30.3 Å². The molecule has 3 saturated heterocycles. The minimum Gasteiger partial charge on any atom is -0.379 e. The first-order chi connectivity index (χ1) is 31.3. The molecule has 0 aromatic heterocycles. The largest absolute Gasteiger partial charge is 0.509 e. The highest BCUT2D eigenvalue weighted by molar-refractivity contribution is 7.39. The van der Waals surface area contributed by atoms with E-state index in [-0.39, 0.29) is 116 Å². The second kappa shape index (κ2) is 23.9. The van der Waals surface area contributed by atoms with Gasteiger partial charge in [0.2, 0.25) is 29.5 Å². The molecule has 4 fully saturated rings. The Kier molecular flexibility index (Phi) is 19.2. The number of likely N-dealkylation sites (N-methyl/N-ethyl adjacent to an activating group) is 1. The molecule has 1 aromatic rings. The number of fused-ring (bicyclic) bond motifs is 2. The van der Waals surface area contributed by atoms with E-state index in [0.29, 0.717) is 32.2 Å². The van der Waals surface area contributed by atoms with Crippen molar-refractivity contribution in [3.05, 3.63) is 35.9 Å². The average molecular weight is 940 g/mol. The lowest BCUT2D eigenvalue weighted by molar-refractivity contribution is -0.150. The van der Waals surface area contributed by atoms with Crippen LogP contribution in [0.4, 0.5) is 0 Å². The molecule has 13 atom stereocenters. The van der Waals surface area contributed by atoms with Gasteiger partial charge in [-0.2, -0.15) is 4.89 Å². The van der Waals surface area contributed by atoms with E-state index in [4.69, 9.17) is 9.47 Å². The molecule has 66 heavy (non-hydrogen) atoms. The Balaban J connectivity index is 1.25. The fourth-order valence-corrected chi connectivity index (χ4v) is 12.1. The van der Waals surface area contributed by atoms with Gasteiger partial charge in [-0.15, -0.1) is 0 Å². The van der Waals surface area contributed by atoms with E-state index < -0.39 is 55.9 Å². The number of hydrogen-bond donors (Lipinski definition) is 1. The average Bonchev–Trinajstić information content (AvgIpc) is 4.10. The lowest BCUT2D eigenvalue weighted by Crippen LogP contribution is -2.54. The van der Waals surface area contributed by atoms with Gasteiger partial charge in [-0.1, -0.05) is 78.3 Å². The van der Waals surface area contributed by atoms with E-state index in [1.807, 2.05) is 58.0 Å². The number of benzene rings is 1. The second-order valence-corrected chi connectivity index (χ2v) is 21.3. The van der Waals surface area contributed by atoms with E-state index in [2.05, 4.69) is 0 Å². The van der Waals surface area contributed by atoms with Crippen molar-refractivity contribution in [1.29, 1.82) is 0 Å². The zero-order chi connectivity index (χ0) is 48.6. The summed E-state index contributed by atoms with van der Waals surface area (Å²) in [6, 6.07) is 7.70. The smallest absolute Gasteiger partial charge is 0.379 e. The zero-order valence-electron chi connectivity index (χ0n) is 40.8. The fraction of sp³-hybridized carbons (Fsp3) is 0.740. The summed E-state index contributed by atoms with van der Waals surface area (Å²) in [7, 11) is 2.15. The van der Waals surface area contributed by atoms with Gasteiger partial charge in [0.1, 0.15) is 5.78 Å². The van der Waals surface area contributed by atoms with E-state index in [9.17, 15) is 43.0 Å². The first-order valence-electron chi connectivity index (χ1n) is 24.4. The van der Waals surface area contributed by atoms with Crippen molar-refractivity contribution in [2.45, 2.75) is 167 Å². The number of carbonyl (C=O) groups is 7. The van der Waals surface area contributed by atoms with Gasteiger partial charge >= 0.3 is 8.03 Å². The van der Waals surface area contributed by atoms with Gasteiger partial charge < -0.3 is 24.2 Å². The fourth-order valence-electron chi connectivity index (χ4n) is 11.4. The maximum atomic E-state index is 14.7. The molecule has 3 aliphatic heterocycles. The van der Waals surface area contributed by atoms with Crippen molar-refractivity contribution in [1.82, 2.24) is 19.6 Å². The van der Waals surface area contributed by atoms with Crippen molar-refractivity contribution >= 4 is 49.1 Å². The molecule has 2 bridgehead atoms. The Morgan fingerprint density at radius 2 is 1.64 bits per heavy atom. The summed E-state index contributed by atoms with van der Waals surface area (Å²) in [5.74, 6) is -3.32. The topological polar surface area (TPSA) is 188 Å². The molecule has 4 aliphatic rings. The van der Waals surface area contributed by atoms with E-state index >= 15 is 0 Å². The summed E-state index contributed by atoms with van der Waals surface area (Å²) >= 11 is 0. The number of piperidine rings is 1. The maximum Gasteiger partial charge on any atom is 0.509 e. The third-order valence-corrected chi connectivity index (χ3v) is 16.4. The number of Topliss-reactive ketones (excluding diaryl/α,β-unsaturated/α-hetero) is 2. The minimum absolute atomic E-state index is 0.0164. The Bertz CT molecular complexity index is 1910. The molecule has 3 heterocycles. The van der Waals surface area contributed by atoms with Crippen LogP contribution in [0.3, 0.4) is 0 Å². The molecule has 16 heteroatoms. The molecular formula is C50H76N4O11P+. The zero-order valence-corrected chi connectivity index (χ0v) is 41.7. The molecule has 15 nitrogen and oxygen atoms in total. The number of amides is 5. The molecule has 0 spiro atoms. The third kappa shape index (κ3) is 12.2. The normalized spacial score (nSPS) is 25.2. The van der Waals surface area contributed by atoms with Crippen LogP contribution in [0.2, 0.25) is 0 Å². The molecule has 366 valence electrons. The number of ether oxygens (including phenoxy) is 2. The summed E-state index contributed by atoms with van der Waals surface area (Å²) in [5, 5.41) is 0. The number of imide groups is 1. The predicted octanol–water partition coefficient (Wildman–Crippen LogP) is 6.00. The molecule has 1 aliphatic carbocycles. The van der Waals surface area contributed by atoms with Gasteiger partial charge in [0.05, 0.1) is 43.2 Å². The van der Waals surface area contributed by atoms with Crippen LogP contribution in [0.25, 0.3) is 0 Å². The first-order valence-corrected chi connectivity index (χ1v) is 25.6. The molecule has 2 unspecified atom stereocenters. The third-order valence-electron chi connectivity index (χ3n) is 15.4. The lowest BCUT2D eigenvalue weighted by atomic mass is 9.83. The second-order valence-electron chi connectivity index (χ2n) is 20.0.